The van der Waals surface area contributed by atoms with Gasteiger partial charge in [-0.2, -0.15) is 0 Å². The van der Waals surface area contributed by atoms with Crippen LogP contribution in [0.4, 0.5) is 0 Å². The van der Waals surface area contributed by atoms with E-state index in [9.17, 15) is 0 Å². The second-order valence-electron chi connectivity index (χ2n) is 4.60. The predicted octanol–water partition coefficient (Wildman–Crippen LogP) is 2.51. The van der Waals surface area contributed by atoms with Crippen molar-refractivity contribution in [1.29, 1.82) is 0 Å². The first-order chi connectivity index (χ1) is 8.16. The molecule has 3 heteroatoms. The minimum absolute atomic E-state index is 0.799. The van der Waals surface area contributed by atoms with Crippen molar-refractivity contribution in [1.82, 2.24) is 4.90 Å². The van der Waals surface area contributed by atoms with Crippen molar-refractivity contribution in [2.75, 3.05) is 26.3 Å². The fraction of sp³-hybridized carbons (Fsp3) is 0.500. The molecule has 2 nitrogen and oxygen atoms in total. The zero-order valence-electron chi connectivity index (χ0n) is 10.5. The molecule has 0 aliphatic carbocycles. The van der Waals surface area contributed by atoms with Crippen LogP contribution in [0, 0.1) is 13.8 Å². The molecule has 1 aromatic rings. The standard InChI is InChI=1S/C14H19NOS/c1-11-3-4-13(12(2)9-11)10-14(17)15-5-7-16-8-6-15/h3-4,9H,5-8,10H2,1-2H3. The molecule has 2 rings (SSSR count). The van der Waals surface area contributed by atoms with Crippen molar-refractivity contribution in [3.05, 3.63) is 34.9 Å². The number of hydrogen-bond donors (Lipinski definition) is 0. The van der Waals surface area contributed by atoms with E-state index in [0.29, 0.717) is 0 Å². The SMILES string of the molecule is Cc1ccc(CC(=S)N2CCOCC2)c(C)c1. The van der Waals surface area contributed by atoms with E-state index in [1.165, 1.54) is 16.7 Å². The van der Waals surface area contributed by atoms with Crippen LogP contribution in [0.1, 0.15) is 16.7 Å². The Labute approximate surface area is 109 Å². The van der Waals surface area contributed by atoms with Crippen LogP contribution >= 0.6 is 12.2 Å². The summed E-state index contributed by atoms with van der Waals surface area (Å²) in [4.78, 5) is 3.30. The largest absolute Gasteiger partial charge is 0.378 e. The Hall–Kier alpha value is -0.930. The van der Waals surface area contributed by atoms with E-state index in [0.717, 1.165) is 37.7 Å². The summed E-state index contributed by atoms with van der Waals surface area (Å²) >= 11 is 5.52. The monoisotopic (exact) mass is 249 g/mol. The van der Waals surface area contributed by atoms with Crippen LogP contribution in [0.15, 0.2) is 18.2 Å². The minimum Gasteiger partial charge on any atom is -0.378 e. The first-order valence-electron chi connectivity index (χ1n) is 6.08. The number of morpholine rings is 1. The lowest BCUT2D eigenvalue weighted by Gasteiger charge is -2.29. The van der Waals surface area contributed by atoms with Gasteiger partial charge >= 0.3 is 0 Å². The second-order valence-corrected chi connectivity index (χ2v) is 5.07. The maximum absolute atomic E-state index is 5.52. The topological polar surface area (TPSA) is 12.5 Å². The van der Waals surface area contributed by atoms with Gasteiger partial charge in [0.25, 0.3) is 0 Å². The Balaban J connectivity index is 2.02. The van der Waals surface area contributed by atoms with Gasteiger partial charge in [0.05, 0.1) is 18.2 Å². The molecule has 92 valence electrons. The third-order valence-corrected chi connectivity index (χ3v) is 3.61. The average Bonchev–Trinajstić information content (AvgIpc) is 2.34. The first kappa shape index (κ1) is 12.5. The van der Waals surface area contributed by atoms with Crippen molar-refractivity contribution in [2.45, 2.75) is 20.3 Å². The maximum Gasteiger partial charge on any atom is 0.0825 e. The molecular weight excluding hydrogens is 230 g/mol. The van der Waals surface area contributed by atoms with Gasteiger partial charge in [-0.3, -0.25) is 0 Å². The highest BCUT2D eigenvalue weighted by Gasteiger charge is 2.14. The fourth-order valence-electron chi connectivity index (χ4n) is 2.13. The van der Waals surface area contributed by atoms with Crippen LogP contribution in [-0.4, -0.2) is 36.2 Å². The molecule has 1 saturated heterocycles. The Bertz CT molecular complexity index is 411. The molecule has 0 saturated carbocycles. The maximum atomic E-state index is 5.52. The van der Waals surface area contributed by atoms with Gasteiger partial charge in [0.15, 0.2) is 0 Å². The van der Waals surface area contributed by atoms with Crippen LogP contribution in [-0.2, 0) is 11.2 Å². The van der Waals surface area contributed by atoms with Gasteiger partial charge in [0, 0.05) is 19.5 Å². The average molecular weight is 249 g/mol. The van der Waals surface area contributed by atoms with Crippen LogP contribution in [0.3, 0.4) is 0 Å². The Morgan fingerprint density at radius 3 is 2.65 bits per heavy atom. The molecule has 17 heavy (non-hydrogen) atoms. The molecule has 0 bridgehead atoms. The summed E-state index contributed by atoms with van der Waals surface area (Å²) in [5.41, 5.74) is 3.98. The third-order valence-electron chi connectivity index (χ3n) is 3.20. The van der Waals surface area contributed by atoms with E-state index in [4.69, 9.17) is 17.0 Å². The van der Waals surface area contributed by atoms with Crippen molar-refractivity contribution in [2.24, 2.45) is 0 Å². The molecule has 0 radical (unpaired) electrons. The number of aryl methyl sites for hydroxylation is 2. The number of ether oxygens (including phenoxy) is 1. The minimum atomic E-state index is 0.799. The Morgan fingerprint density at radius 1 is 1.29 bits per heavy atom. The van der Waals surface area contributed by atoms with Gasteiger partial charge in [-0.1, -0.05) is 36.0 Å². The van der Waals surface area contributed by atoms with E-state index in [2.05, 4.69) is 36.9 Å². The Morgan fingerprint density at radius 2 is 2.00 bits per heavy atom. The van der Waals surface area contributed by atoms with E-state index in [-0.39, 0.29) is 0 Å². The Kier molecular flexibility index (Phi) is 4.13. The van der Waals surface area contributed by atoms with E-state index in [1.54, 1.807) is 0 Å². The molecule has 0 atom stereocenters. The molecule has 0 unspecified atom stereocenters. The molecule has 0 amide bonds. The molecule has 1 aromatic carbocycles. The number of nitrogens with zero attached hydrogens (tertiary/aromatic N) is 1. The zero-order chi connectivity index (χ0) is 12.3. The van der Waals surface area contributed by atoms with E-state index >= 15 is 0 Å². The highest BCUT2D eigenvalue weighted by Crippen LogP contribution is 2.13. The lowest BCUT2D eigenvalue weighted by atomic mass is 10.0. The smallest absolute Gasteiger partial charge is 0.0825 e. The van der Waals surface area contributed by atoms with Gasteiger partial charge in [0.2, 0.25) is 0 Å². The van der Waals surface area contributed by atoms with Crippen molar-refractivity contribution >= 4 is 17.2 Å². The number of rotatable bonds is 2. The quantitative estimate of drug-likeness (QED) is 0.747. The van der Waals surface area contributed by atoms with E-state index < -0.39 is 0 Å². The first-order valence-corrected chi connectivity index (χ1v) is 6.49. The van der Waals surface area contributed by atoms with Gasteiger partial charge in [0.1, 0.15) is 0 Å². The molecule has 0 N–H and O–H groups in total. The molecule has 0 spiro atoms. The third kappa shape index (κ3) is 3.27. The van der Waals surface area contributed by atoms with Crippen LogP contribution in [0.5, 0.6) is 0 Å². The van der Waals surface area contributed by atoms with Crippen molar-refractivity contribution < 1.29 is 4.74 Å². The summed E-state index contributed by atoms with van der Waals surface area (Å²) in [6.45, 7) is 7.74. The summed E-state index contributed by atoms with van der Waals surface area (Å²) in [5, 5.41) is 0. The number of hydrogen-bond acceptors (Lipinski definition) is 2. The number of thiocarbonyl (C=S) groups is 1. The second kappa shape index (κ2) is 5.61. The highest BCUT2D eigenvalue weighted by atomic mass is 32.1. The summed E-state index contributed by atoms with van der Waals surface area (Å²) < 4.78 is 5.34. The van der Waals surface area contributed by atoms with Gasteiger partial charge in [-0.05, 0) is 25.0 Å². The van der Waals surface area contributed by atoms with Crippen LogP contribution < -0.4 is 0 Å². The van der Waals surface area contributed by atoms with Gasteiger partial charge in [-0.25, -0.2) is 0 Å². The summed E-state index contributed by atoms with van der Waals surface area (Å²) in [7, 11) is 0. The van der Waals surface area contributed by atoms with Crippen LogP contribution in [0.2, 0.25) is 0 Å². The van der Waals surface area contributed by atoms with Gasteiger partial charge in [-0.15, -0.1) is 0 Å². The zero-order valence-corrected chi connectivity index (χ0v) is 11.3. The molecule has 1 aliphatic rings. The molecule has 1 aliphatic heterocycles. The number of benzene rings is 1. The summed E-state index contributed by atoms with van der Waals surface area (Å²) in [5.74, 6) is 0. The van der Waals surface area contributed by atoms with Crippen molar-refractivity contribution in [3.8, 4) is 0 Å². The van der Waals surface area contributed by atoms with Crippen LogP contribution in [0.25, 0.3) is 0 Å². The van der Waals surface area contributed by atoms with Gasteiger partial charge < -0.3 is 9.64 Å². The van der Waals surface area contributed by atoms with Crippen molar-refractivity contribution in [3.63, 3.8) is 0 Å². The highest BCUT2D eigenvalue weighted by molar-refractivity contribution is 7.80. The molecule has 0 aromatic heterocycles. The molecule has 1 fully saturated rings. The molecular formula is C14H19NOS. The summed E-state index contributed by atoms with van der Waals surface area (Å²) in [6.07, 6.45) is 0.876. The normalized spacial score (nSPS) is 16.0. The lowest BCUT2D eigenvalue weighted by Crippen LogP contribution is -2.40. The predicted molar refractivity (Wildman–Crippen MR) is 74.6 cm³/mol. The summed E-state index contributed by atoms with van der Waals surface area (Å²) in [6, 6.07) is 6.57. The fourth-order valence-corrected chi connectivity index (χ4v) is 2.47. The lowest BCUT2D eigenvalue weighted by molar-refractivity contribution is 0.0684. The molecule has 1 heterocycles. The van der Waals surface area contributed by atoms with E-state index in [1.807, 2.05) is 0 Å².